The van der Waals surface area contributed by atoms with Crippen molar-refractivity contribution in [3.05, 3.63) is 53.1 Å². The summed E-state index contributed by atoms with van der Waals surface area (Å²) < 4.78 is 10.8. The molecule has 4 nitrogen and oxygen atoms in total. The highest BCUT2D eigenvalue weighted by atomic mass is 35.5. The molecule has 0 aliphatic carbocycles. The van der Waals surface area contributed by atoms with Crippen molar-refractivity contribution < 1.29 is 9.47 Å². The van der Waals surface area contributed by atoms with Crippen molar-refractivity contribution in [2.24, 2.45) is 0 Å². The monoisotopic (exact) mass is 386 g/mol. The number of fused-ring (bicyclic) bond motifs is 1. The molecule has 0 bridgehead atoms. The third-order valence-corrected chi connectivity index (χ3v) is 6.23. The Morgan fingerprint density at radius 1 is 1.00 bits per heavy atom. The lowest BCUT2D eigenvalue weighted by atomic mass is 9.89. The molecule has 27 heavy (non-hydrogen) atoms. The summed E-state index contributed by atoms with van der Waals surface area (Å²) in [6, 6.07) is 15.7. The molecule has 5 heteroatoms. The molecule has 2 aliphatic rings. The fourth-order valence-electron chi connectivity index (χ4n) is 4.54. The Kier molecular flexibility index (Phi) is 5.46. The van der Waals surface area contributed by atoms with Crippen molar-refractivity contribution in [3.8, 4) is 11.5 Å². The maximum absolute atomic E-state index is 6.20. The molecule has 4 rings (SSSR count). The van der Waals surface area contributed by atoms with Crippen molar-refractivity contribution in [3.63, 3.8) is 0 Å². The van der Waals surface area contributed by atoms with Crippen LogP contribution in [0, 0.1) is 0 Å². The number of anilines is 1. The number of halogens is 1. The van der Waals surface area contributed by atoms with Crippen LogP contribution in [0.15, 0.2) is 42.5 Å². The number of hydrogen-bond donors (Lipinski definition) is 0. The van der Waals surface area contributed by atoms with Crippen molar-refractivity contribution in [2.75, 3.05) is 38.8 Å². The van der Waals surface area contributed by atoms with Crippen LogP contribution in [-0.2, 0) is 0 Å². The van der Waals surface area contributed by atoms with E-state index >= 15 is 0 Å². The highest BCUT2D eigenvalue weighted by Gasteiger charge is 2.35. The summed E-state index contributed by atoms with van der Waals surface area (Å²) in [4.78, 5) is 5.16. The Balaban J connectivity index is 1.52. The normalized spacial score (nSPS) is 23.0. The van der Waals surface area contributed by atoms with Crippen LogP contribution in [0.1, 0.15) is 30.9 Å². The van der Waals surface area contributed by atoms with E-state index in [4.69, 9.17) is 21.1 Å². The first kappa shape index (κ1) is 18.5. The Hall–Kier alpha value is -1.91. The number of piperidine rings is 1. The van der Waals surface area contributed by atoms with Gasteiger partial charge in [0.05, 0.1) is 19.2 Å². The fourth-order valence-corrected chi connectivity index (χ4v) is 4.73. The minimum absolute atomic E-state index is 0.487. The van der Waals surface area contributed by atoms with Crippen LogP contribution in [0.3, 0.4) is 0 Å². The van der Waals surface area contributed by atoms with Gasteiger partial charge in [0, 0.05) is 43.5 Å². The summed E-state index contributed by atoms with van der Waals surface area (Å²) in [7, 11) is 3.41. The predicted octanol–water partition coefficient (Wildman–Crippen LogP) is 4.77. The van der Waals surface area contributed by atoms with E-state index in [2.05, 4.69) is 40.1 Å². The van der Waals surface area contributed by atoms with Gasteiger partial charge in [-0.15, -0.1) is 0 Å². The lowest BCUT2D eigenvalue weighted by Gasteiger charge is -2.49. The molecule has 144 valence electrons. The molecule has 2 heterocycles. The van der Waals surface area contributed by atoms with Gasteiger partial charge in [0.25, 0.3) is 0 Å². The van der Waals surface area contributed by atoms with Gasteiger partial charge in [0.1, 0.15) is 11.5 Å². The third kappa shape index (κ3) is 3.74. The fraction of sp³-hybridized carbons (Fsp3) is 0.455. The zero-order chi connectivity index (χ0) is 18.8. The first-order valence-electron chi connectivity index (χ1n) is 9.68. The van der Waals surface area contributed by atoms with Gasteiger partial charge in [0.15, 0.2) is 0 Å². The van der Waals surface area contributed by atoms with Gasteiger partial charge in [-0.2, -0.15) is 0 Å². The van der Waals surface area contributed by atoms with E-state index in [1.54, 1.807) is 14.2 Å². The van der Waals surface area contributed by atoms with Crippen LogP contribution < -0.4 is 14.4 Å². The van der Waals surface area contributed by atoms with Crippen LogP contribution in [0.4, 0.5) is 5.69 Å². The molecule has 2 fully saturated rings. The number of hydrogen-bond acceptors (Lipinski definition) is 4. The lowest BCUT2D eigenvalue weighted by molar-refractivity contribution is 0.0715. The Labute approximate surface area is 166 Å². The van der Waals surface area contributed by atoms with Crippen LogP contribution >= 0.6 is 11.6 Å². The number of piperazine rings is 1. The molecular formula is C22H27ClN2O2. The molecule has 0 amide bonds. The SMILES string of the molecule is COc1cccc(C2CCCC3CN(c4ccc(Cl)c(OC)c4)CCN32)c1. The largest absolute Gasteiger partial charge is 0.497 e. The van der Waals surface area contributed by atoms with Gasteiger partial charge in [-0.1, -0.05) is 23.7 Å². The number of benzene rings is 2. The number of nitrogens with zero attached hydrogens (tertiary/aromatic N) is 2. The third-order valence-electron chi connectivity index (χ3n) is 5.92. The molecule has 2 aromatic rings. The zero-order valence-corrected chi connectivity index (χ0v) is 16.8. The molecule has 0 radical (unpaired) electrons. The second-order valence-corrected chi connectivity index (χ2v) is 7.79. The Bertz CT molecular complexity index is 798. The summed E-state index contributed by atoms with van der Waals surface area (Å²) in [5, 5.41) is 0.663. The molecular weight excluding hydrogens is 360 g/mol. The van der Waals surface area contributed by atoms with Gasteiger partial charge >= 0.3 is 0 Å². The van der Waals surface area contributed by atoms with Gasteiger partial charge < -0.3 is 14.4 Å². The van der Waals surface area contributed by atoms with E-state index < -0.39 is 0 Å². The van der Waals surface area contributed by atoms with E-state index in [9.17, 15) is 0 Å². The van der Waals surface area contributed by atoms with E-state index in [-0.39, 0.29) is 0 Å². The van der Waals surface area contributed by atoms with Crippen LogP contribution in [0.2, 0.25) is 5.02 Å². The number of rotatable bonds is 4. The van der Waals surface area contributed by atoms with E-state index in [0.29, 0.717) is 17.1 Å². The van der Waals surface area contributed by atoms with E-state index in [0.717, 1.165) is 31.1 Å². The molecule has 0 aromatic heterocycles. The van der Waals surface area contributed by atoms with Crippen molar-refractivity contribution >= 4 is 17.3 Å². The molecule has 0 N–H and O–H groups in total. The van der Waals surface area contributed by atoms with Gasteiger partial charge in [-0.05, 0) is 49.1 Å². The van der Waals surface area contributed by atoms with Gasteiger partial charge in [0.2, 0.25) is 0 Å². The quantitative estimate of drug-likeness (QED) is 0.755. The van der Waals surface area contributed by atoms with Gasteiger partial charge in [-0.25, -0.2) is 0 Å². The second kappa shape index (κ2) is 7.99. The molecule has 2 aromatic carbocycles. The van der Waals surface area contributed by atoms with Crippen LogP contribution in [-0.4, -0.2) is 44.8 Å². The van der Waals surface area contributed by atoms with Crippen molar-refractivity contribution in [2.45, 2.75) is 31.3 Å². The lowest BCUT2D eigenvalue weighted by Crippen LogP contribution is -2.55. The predicted molar refractivity (Wildman–Crippen MR) is 110 cm³/mol. The summed E-state index contributed by atoms with van der Waals surface area (Å²) >= 11 is 6.20. The Morgan fingerprint density at radius 3 is 2.70 bits per heavy atom. The topological polar surface area (TPSA) is 24.9 Å². The minimum Gasteiger partial charge on any atom is -0.497 e. The van der Waals surface area contributed by atoms with E-state index in [1.807, 2.05) is 12.1 Å². The molecule has 0 spiro atoms. The summed E-state index contributed by atoms with van der Waals surface area (Å²) in [6.07, 6.45) is 3.74. The number of methoxy groups -OCH3 is 2. The summed E-state index contributed by atoms with van der Waals surface area (Å²) in [6.45, 7) is 3.13. The smallest absolute Gasteiger partial charge is 0.139 e. The highest BCUT2D eigenvalue weighted by molar-refractivity contribution is 6.32. The van der Waals surface area contributed by atoms with Crippen LogP contribution in [0.5, 0.6) is 11.5 Å². The summed E-state index contributed by atoms with van der Waals surface area (Å²) in [5.74, 6) is 1.69. The van der Waals surface area contributed by atoms with E-state index in [1.165, 1.54) is 30.5 Å². The molecule has 2 atom stereocenters. The maximum atomic E-state index is 6.20. The van der Waals surface area contributed by atoms with Crippen molar-refractivity contribution in [1.29, 1.82) is 0 Å². The average molecular weight is 387 g/mol. The van der Waals surface area contributed by atoms with Gasteiger partial charge in [-0.3, -0.25) is 4.90 Å². The first-order valence-corrected chi connectivity index (χ1v) is 10.1. The number of ether oxygens (including phenoxy) is 2. The average Bonchev–Trinajstić information content (AvgIpc) is 2.73. The molecule has 2 unspecified atom stereocenters. The minimum atomic E-state index is 0.487. The Morgan fingerprint density at radius 2 is 1.89 bits per heavy atom. The standard InChI is InChI=1S/C22H27ClN2O2/c1-26-19-7-3-5-16(13-19)21-8-4-6-18-15-24(11-12-25(18)21)17-9-10-20(23)22(14-17)27-2/h3,5,7,9-10,13-14,18,21H,4,6,8,11-12,15H2,1-2H3. The highest BCUT2D eigenvalue weighted by Crippen LogP contribution is 2.38. The molecule has 2 aliphatic heterocycles. The molecule has 2 saturated heterocycles. The van der Waals surface area contributed by atoms with Crippen molar-refractivity contribution in [1.82, 2.24) is 4.90 Å². The van der Waals surface area contributed by atoms with Crippen LogP contribution in [0.25, 0.3) is 0 Å². The first-order chi connectivity index (χ1) is 13.2. The molecule has 0 saturated carbocycles. The maximum Gasteiger partial charge on any atom is 0.139 e. The zero-order valence-electron chi connectivity index (χ0n) is 16.0. The second-order valence-electron chi connectivity index (χ2n) is 7.38. The summed E-state index contributed by atoms with van der Waals surface area (Å²) in [5.41, 5.74) is 2.57.